The van der Waals surface area contributed by atoms with Crippen LogP contribution in [0.25, 0.3) is 10.9 Å². The van der Waals surface area contributed by atoms with Crippen LogP contribution in [0.5, 0.6) is 0 Å². The number of hydrogen-bond donors (Lipinski definition) is 2. The van der Waals surface area contributed by atoms with E-state index in [9.17, 15) is 13.2 Å². The van der Waals surface area contributed by atoms with Gasteiger partial charge in [-0.3, -0.25) is 4.79 Å². The molecule has 0 aliphatic carbocycles. The van der Waals surface area contributed by atoms with Crippen molar-refractivity contribution >= 4 is 43.9 Å². The summed E-state index contributed by atoms with van der Waals surface area (Å²) in [5, 5.41) is 0.966. The largest absolute Gasteiger partial charge is 0.322 e. The van der Waals surface area contributed by atoms with Crippen molar-refractivity contribution in [2.45, 2.75) is 24.5 Å². The summed E-state index contributed by atoms with van der Waals surface area (Å²) in [6, 6.07) is 8.81. The lowest BCUT2D eigenvalue weighted by Gasteiger charge is -2.08. The summed E-state index contributed by atoms with van der Waals surface area (Å²) in [4.78, 5) is 15.1. The molecular weight excluding hydrogens is 380 g/mol. The van der Waals surface area contributed by atoms with Crippen molar-refractivity contribution in [3.63, 3.8) is 0 Å². The first-order valence-corrected chi connectivity index (χ1v) is 10.3. The van der Waals surface area contributed by atoms with Gasteiger partial charge in [0.25, 0.3) is 5.56 Å². The van der Waals surface area contributed by atoms with Crippen molar-refractivity contribution in [1.82, 2.24) is 9.71 Å². The third-order valence-corrected chi connectivity index (χ3v) is 7.07. The number of H-pyrrole nitrogens is 1. The van der Waals surface area contributed by atoms with Crippen LogP contribution in [0.15, 0.2) is 39.3 Å². The Morgan fingerprint density at radius 2 is 1.96 bits per heavy atom. The minimum atomic E-state index is -3.61. The standard InChI is InChI=1S/C17H17ClN2O3S2/c1-10-7-11(2)13-9-12(17(21)20-14(13)8-10)5-6-19-25(22,23)16-4-3-15(18)24-16/h3-4,7-9,19H,5-6H2,1-2H3,(H,20,21). The molecule has 1 aromatic carbocycles. The summed E-state index contributed by atoms with van der Waals surface area (Å²) in [5.41, 5.74) is 3.29. The molecule has 3 aromatic rings. The maximum absolute atomic E-state index is 12.2. The predicted octanol–water partition coefficient (Wildman–Crippen LogP) is 3.38. The quantitative estimate of drug-likeness (QED) is 0.693. The number of aromatic amines is 1. The Kier molecular flexibility index (Phi) is 5.02. The topological polar surface area (TPSA) is 79.0 Å². The second-order valence-electron chi connectivity index (χ2n) is 5.87. The molecule has 0 aliphatic heterocycles. The maximum atomic E-state index is 12.2. The molecule has 3 rings (SSSR count). The fourth-order valence-corrected chi connectivity index (χ4v) is 5.29. The molecule has 0 atom stereocenters. The average molecular weight is 397 g/mol. The van der Waals surface area contributed by atoms with Crippen LogP contribution in [0, 0.1) is 13.8 Å². The highest BCUT2D eigenvalue weighted by Gasteiger charge is 2.16. The van der Waals surface area contributed by atoms with Crippen molar-refractivity contribution < 1.29 is 8.42 Å². The molecule has 0 bridgehead atoms. The number of halogens is 1. The highest BCUT2D eigenvalue weighted by atomic mass is 35.5. The van der Waals surface area contributed by atoms with Crippen LogP contribution in [-0.4, -0.2) is 19.9 Å². The molecule has 0 unspecified atom stereocenters. The van der Waals surface area contributed by atoms with E-state index in [4.69, 9.17) is 11.6 Å². The molecule has 5 nitrogen and oxygen atoms in total. The van der Waals surface area contributed by atoms with Gasteiger partial charge in [-0.1, -0.05) is 17.7 Å². The Hall–Kier alpha value is -1.67. The smallest absolute Gasteiger partial charge is 0.251 e. The molecule has 8 heteroatoms. The van der Waals surface area contributed by atoms with E-state index in [-0.39, 0.29) is 16.3 Å². The number of sulfonamides is 1. The molecule has 25 heavy (non-hydrogen) atoms. The van der Waals surface area contributed by atoms with Gasteiger partial charge in [0, 0.05) is 23.0 Å². The maximum Gasteiger partial charge on any atom is 0.251 e. The molecule has 0 spiro atoms. The third kappa shape index (κ3) is 3.95. The fourth-order valence-electron chi connectivity index (χ4n) is 2.74. The van der Waals surface area contributed by atoms with Crippen molar-refractivity contribution in [1.29, 1.82) is 0 Å². The van der Waals surface area contributed by atoms with Gasteiger partial charge in [-0.05, 0) is 55.7 Å². The number of pyridine rings is 1. The minimum Gasteiger partial charge on any atom is -0.322 e. The highest BCUT2D eigenvalue weighted by molar-refractivity contribution is 7.91. The van der Waals surface area contributed by atoms with Gasteiger partial charge >= 0.3 is 0 Å². The number of nitrogens with one attached hydrogen (secondary N) is 2. The SMILES string of the molecule is Cc1cc(C)c2cc(CCNS(=O)(=O)c3ccc(Cl)s3)c(=O)[nH]c2c1. The van der Waals surface area contributed by atoms with Crippen molar-refractivity contribution in [3.8, 4) is 0 Å². The Labute approximate surface area is 154 Å². The molecule has 0 saturated heterocycles. The van der Waals surface area contributed by atoms with E-state index < -0.39 is 10.0 Å². The Morgan fingerprint density at radius 1 is 1.20 bits per heavy atom. The second kappa shape index (κ2) is 6.92. The van der Waals surface area contributed by atoms with Crippen LogP contribution in [0.3, 0.4) is 0 Å². The number of fused-ring (bicyclic) bond motifs is 1. The molecular formula is C17H17ClN2O3S2. The number of aromatic nitrogens is 1. The molecule has 132 valence electrons. The molecule has 0 aliphatic rings. The average Bonchev–Trinajstić information content (AvgIpc) is 2.95. The van der Waals surface area contributed by atoms with Gasteiger partial charge in [0.1, 0.15) is 4.21 Å². The van der Waals surface area contributed by atoms with Crippen LogP contribution in [0.4, 0.5) is 0 Å². The molecule has 2 N–H and O–H groups in total. The Morgan fingerprint density at radius 3 is 2.64 bits per heavy atom. The first-order valence-electron chi connectivity index (χ1n) is 7.64. The lowest BCUT2D eigenvalue weighted by Crippen LogP contribution is -2.27. The van der Waals surface area contributed by atoms with Gasteiger partial charge < -0.3 is 4.98 Å². The molecule has 0 radical (unpaired) electrons. The Balaban J connectivity index is 1.79. The minimum absolute atomic E-state index is 0.136. The Bertz CT molecular complexity index is 1100. The number of rotatable bonds is 5. The predicted molar refractivity (Wildman–Crippen MR) is 102 cm³/mol. The summed E-state index contributed by atoms with van der Waals surface area (Å²) in [6.07, 6.45) is 0.303. The van der Waals surface area contributed by atoms with E-state index in [1.807, 2.05) is 32.0 Å². The first kappa shape index (κ1) is 18.1. The lowest BCUT2D eigenvalue weighted by molar-refractivity contribution is 0.583. The van der Waals surface area contributed by atoms with E-state index in [1.54, 1.807) is 6.07 Å². The van der Waals surface area contributed by atoms with Gasteiger partial charge in [0.2, 0.25) is 10.0 Å². The summed E-state index contributed by atoms with van der Waals surface area (Å²) in [7, 11) is -3.61. The highest BCUT2D eigenvalue weighted by Crippen LogP contribution is 2.25. The van der Waals surface area contributed by atoms with Crippen LogP contribution < -0.4 is 10.3 Å². The lowest BCUT2D eigenvalue weighted by atomic mass is 10.0. The number of aryl methyl sites for hydroxylation is 2. The van der Waals surface area contributed by atoms with Crippen molar-refractivity contribution in [3.05, 3.63) is 61.7 Å². The summed E-state index contributed by atoms with van der Waals surface area (Å²) >= 11 is 6.78. The molecule has 2 heterocycles. The zero-order chi connectivity index (χ0) is 18.2. The van der Waals surface area contributed by atoms with Crippen LogP contribution in [0.2, 0.25) is 4.34 Å². The molecule has 0 saturated carbocycles. The van der Waals surface area contributed by atoms with Crippen molar-refractivity contribution in [2.75, 3.05) is 6.54 Å². The van der Waals surface area contributed by atoms with E-state index >= 15 is 0 Å². The monoisotopic (exact) mass is 396 g/mol. The zero-order valence-corrected chi connectivity index (χ0v) is 16.1. The number of thiophene rings is 1. The van der Waals surface area contributed by atoms with Crippen molar-refractivity contribution in [2.24, 2.45) is 0 Å². The van der Waals surface area contributed by atoms with Crippen LogP contribution in [-0.2, 0) is 16.4 Å². The van der Waals surface area contributed by atoms with Crippen LogP contribution >= 0.6 is 22.9 Å². The number of benzene rings is 1. The third-order valence-electron chi connectivity index (χ3n) is 3.89. The summed E-state index contributed by atoms with van der Waals surface area (Å²) in [5.74, 6) is 0. The van der Waals surface area contributed by atoms with Gasteiger partial charge in [-0.15, -0.1) is 11.3 Å². The fraction of sp³-hybridized carbons (Fsp3) is 0.235. The van der Waals surface area contributed by atoms with Crippen LogP contribution in [0.1, 0.15) is 16.7 Å². The first-order chi connectivity index (χ1) is 11.8. The second-order valence-corrected chi connectivity index (χ2v) is 9.58. The van der Waals surface area contributed by atoms with E-state index in [0.29, 0.717) is 16.3 Å². The molecule has 0 fully saturated rings. The van der Waals surface area contributed by atoms with Gasteiger partial charge in [0.15, 0.2) is 0 Å². The normalized spacial score (nSPS) is 12.0. The number of hydrogen-bond acceptors (Lipinski definition) is 4. The van der Waals surface area contributed by atoms with Gasteiger partial charge in [0.05, 0.1) is 4.34 Å². The van der Waals surface area contributed by atoms with E-state index in [2.05, 4.69) is 9.71 Å². The van der Waals surface area contributed by atoms with Gasteiger partial charge in [-0.25, -0.2) is 13.1 Å². The summed E-state index contributed by atoms with van der Waals surface area (Å²) in [6.45, 7) is 4.10. The van der Waals surface area contributed by atoms with E-state index in [0.717, 1.165) is 33.4 Å². The zero-order valence-electron chi connectivity index (χ0n) is 13.7. The molecule has 2 aromatic heterocycles. The molecule has 0 amide bonds. The van der Waals surface area contributed by atoms with Gasteiger partial charge in [-0.2, -0.15) is 0 Å². The summed E-state index contributed by atoms with van der Waals surface area (Å²) < 4.78 is 27.4. The van der Waals surface area contributed by atoms with E-state index in [1.165, 1.54) is 6.07 Å².